The van der Waals surface area contributed by atoms with Crippen molar-refractivity contribution in [1.82, 2.24) is 0 Å². The van der Waals surface area contributed by atoms with E-state index in [1.807, 2.05) is 18.2 Å². The molecule has 0 aliphatic heterocycles. The van der Waals surface area contributed by atoms with Crippen LogP contribution in [0.4, 0.5) is 0 Å². The first kappa shape index (κ1) is 13.5. The van der Waals surface area contributed by atoms with Crippen molar-refractivity contribution in [1.29, 1.82) is 0 Å². The molecule has 1 unspecified atom stereocenters. The predicted molar refractivity (Wildman–Crippen MR) is 66.3 cm³/mol. The molecule has 0 aliphatic rings. The molecular formula is C13H19NO3. The predicted octanol–water partition coefficient (Wildman–Crippen LogP) is 1.99. The van der Waals surface area contributed by atoms with Crippen molar-refractivity contribution in [3.05, 3.63) is 29.8 Å². The van der Waals surface area contributed by atoms with E-state index in [2.05, 4.69) is 13.8 Å². The van der Waals surface area contributed by atoms with Gasteiger partial charge in [-0.15, -0.1) is 0 Å². The average Bonchev–Trinajstić information content (AvgIpc) is 2.28. The molecular weight excluding hydrogens is 218 g/mol. The van der Waals surface area contributed by atoms with E-state index in [0.29, 0.717) is 24.6 Å². The first-order chi connectivity index (χ1) is 8.04. The van der Waals surface area contributed by atoms with Crippen LogP contribution < -0.4 is 10.5 Å². The third-order valence-corrected chi connectivity index (χ3v) is 2.51. The Labute approximate surface area is 101 Å². The Morgan fingerprint density at radius 3 is 2.71 bits per heavy atom. The Kier molecular flexibility index (Phi) is 4.97. The smallest absolute Gasteiger partial charge is 0.344 e. The summed E-state index contributed by atoms with van der Waals surface area (Å²) >= 11 is 0. The molecule has 1 aromatic carbocycles. The van der Waals surface area contributed by atoms with Gasteiger partial charge in [0.05, 0.1) is 0 Å². The summed E-state index contributed by atoms with van der Waals surface area (Å²) in [6.45, 7) is 4.45. The molecule has 1 aromatic rings. The highest BCUT2D eigenvalue weighted by molar-refractivity contribution is 5.72. The van der Waals surface area contributed by atoms with Crippen molar-refractivity contribution in [2.45, 2.75) is 32.3 Å². The van der Waals surface area contributed by atoms with E-state index in [1.54, 1.807) is 6.07 Å². The summed E-state index contributed by atoms with van der Waals surface area (Å²) in [5, 5.41) is 8.96. The van der Waals surface area contributed by atoms with E-state index < -0.39 is 12.1 Å². The van der Waals surface area contributed by atoms with Gasteiger partial charge in [0.1, 0.15) is 5.75 Å². The molecule has 1 atom stereocenters. The molecule has 1 rings (SSSR count). The summed E-state index contributed by atoms with van der Waals surface area (Å²) in [5.41, 5.74) is 6.48. The molecule has 0 saturated carbocycles. The molecule has 0 aliphatic carbocycles. The second kappa shape index (κ2) is 6.25. The number of carbonyl (C=O) groups is 1. The fraction of sp³-hybridized carbons (Fsp3) is 0.462. The maximum atomic E-state index is 10.9. The number of nitrogens with two attached hydrogens (primary N) is 1. The first-order valence-electron chi connectivity index (χ1n) is 5.74. The second-order valence-corrected chi connectivity index (χ2v) is 4.25. The van der Waals surface area contributed by atoms with Gasteiger partial charge >= 0.3 is 5.97 Å². The molecule has 0 bridgehead atoms. The average molecular weight is 237 g/mol. The van der Waals surface area contributed by atoms with Crippen LogP contribution in [-0.4, -0.2) is 23.7 Å². The fourth-order valence-corrected chi connectivity index (χ4v) is 1.50. The zero-order valence-corrected chi connectivity index (χ0v) is 10.2. The van der Waals surface area contributed by atoms with Gasteiger partial charge < -0.3 is 15.6 Å². The van der Waals surface area contributed by atoms with E-state index in [1.165, 1.54) is 0 Å². The molecule has 0 aromatic heterocycles. The summed E-state index contributed by atoms with van der Waals surface area (Å²) in [6.07, 6.45) is -0.566. The number of rotatable bonds is 6. The van der Waals surface area contributed by atoms with Crippen molar-refractivity contribution >= 4 is 5.97 Å². The van der Waals surface area contributed by atoms with Crippen molar-refractivity contribution in [3.8, 4) is 5.75 Å². The molecule has 0 fully saturated rings. The summed E-state index contributed by atoms with van der Waals surface area (Å²) < 4.78 is 5.43. The lowest BCUT2D eigenvalue weighted by Gasteiger charge is -2.15. The van der Waals surface area contributed by atoms with E-state index in [0.717, 1.165) is 5.56 Å². The minimum Gasteiger partial charge on any atom is -0.479 e. The Hall–Kier alpha value is -1.55. The molecule has 17 heavy (non-hydrogen) atoms. The maximum absolute atomic E-state index is 10.9. The number of carboxylic acid groups (broad SMARTS) is 1. The van der Waals surface area contributed by atoms with Crippen LogP contribution in [0.25, 0.3) is 0 Å². The van der Waals surface area contributed by atoms with E-state index in [4.69, 9.17) is 15.6 Å². The fourth-order valence-electron chi connectivity index (χ4n) is 1.50. The third kappa shape index (κ3) is 4.07. The first-order valence-corrected chi connectivity index (χ1v) is 5.74. The topological polar surface area (TPSA) is 72.5 Å². The van der Waals surface area contributed by atoms with Gasteiger partial charge in [0.2, 0.25) is 0 Å². The van der Waals surface area contributed by atoms with E-state index in [9.17, 15) is 4.79 Å². The van der Waals surface area contributed by atoms with Gasteiger partial charge in [0.25, 0.3) is 0 Å². The van der Waals surface area contributed by atoms with Gasteiger partial charge in [-0.3, -0.25) is 0 Å². The van der Waals surface area contributed by atoms with Gasteiger partial charge in [0.15, 0.2) is 6.10 Å². The Balaban J connectivity index is 2.78. The molecule has 94 valence electrons. The van der Waals surface area contributed by atoms with Gasteiger partial charge in [-0.1, -0.05) is 26.0 Å². The van der Waals surface area contributed by atoms with E-state index in [-0.39, 0.29) is 0 Å². The lowest BCUT2D eigenvalue weighted by Crippen LogP contribution is -2.29. The van der Waals surface area contributed by atoms with Crippen LogP contribution in [0.3, 0.4) is 0 Å². The Morgan fingerprint density at radius 2 is 2.18 bits per heavy atom. The van der Waals surface area contributed by atoms with Crippen LogP contribution in [0.15, 0.2) is 24.3 Å². The lowest BCUT2D eigenvalue weighted by atomic mass is 10.0. The largest absolute Gasteiger partial charge is 0.479 e. The zero-order chi connectivity index (χ0) is 12.8. The minimum atomic E-state index is -0.981. The molecule has 0 spiro atoms. The number of benzene rings is 1. The van der Waals surface area contributed by atoms with Crippen LogP contribution in [0.1, 0.15) is 31.7 Å². The maximum Gasteiger partial charge on any atom is 0.344 e. The lowest BCUT2D eigenvalue weighted by molar-refractivity contribution is -0.145. The van der Waals surface area contributed by atoms with Crippen LogP contribution >= 0.6 is 0 Å². The highest BCUT2D eigenvalue weighted by Gasteiger charge is 2.18. The zero-order valence-electron chi connectivity index (χ0n) is 10.2. The number of hydrogen-bond donors (Lipinski definition) is 2. The van der Waals surface area contributed by atoms with Crippen LogP contribution in [0.2, 0.25) is 0 Å². The van der Waals surface area contributed by atoms with Crippen LogP contribution in [-0.2, 0) is 4.79 Å². The monoisotopic (exact) mass is 237 g/mol. The van der Waals surface area contributed by atoms with Gasteiger partial charge in [0, 0.05) is 6.42 Å². The van der Waals surface area contributed by atoms with Crippen molar-refractivity contribution in [2.24, 2.45) is 5.73 Å². The van der Waals surface area contributed by atoms with Crippen LogP contribution in [0, 0.1) is 0 Å². The molecule has 4 heteroatoms. The third-order valence-electron chi connectivity index (χ3n) is 2.51. The van der Waals surface area contributed by atoms with Gasteiger partial charge in [-0.05, 0) is 30.2 Å². The minimum absolute atomic E-state index is 0.292. The molecule has 3 N–H and O–H groups in total. The van der Waals surface area contributed by atoms with Gasteiger partial charge in [-0.2, -0.15) is 0 Å². The SMILES string of the molecule is CC(C)c1cccc(OC(CCN)C(=O)O)c1. The molecule has 4 nitrogen and oxygen atoms in total. The molecule has 0 amide bonds. The Bertz CT molecular complexity index is 377. The summed E-state index contributed by atoms with van der Waals surface area (Å²) in [6, 6.07) is 7.50. The van der Waals surface area contributed by atoms with Crippen molar-refractivity contribution < 1.29 is 14.6 Å². The van der Waals surface area contributed by atoms with Crippen molar-refractivity contribution in [2.75, 3.05) is 6.54 Å². The summed E-state index contributed by atoms with van der Waals surface area (Å²) in [5.74, 6) is -0.0150. The number of hydrogen-bond acceptors (Lipinski definition) is 3. The quantitative estimate of drug-likeness (QED) is 0.793. The standard InChI is InChI=1S/C13H19NO3/c1-9(2)10-4-3-5-11(8-10)17-12(6-7-14)13(15)16/h3-5,8-9,12H,6-7,14H2,1-2H3,(H,15,16). The number of ether oxygens (including phenoxy) is 1. The molecule has 0 radical (unpaired) electrons. The van der Waals surface area contributed by atoms with Gasteiger partial charge in [-0.25, -0.2) is 4.79 Å². The normalized spacial score (nSPS) is 12.5. The second-order valence-electron chi connectivity index (χ2n) is 4.25. The number of carboxylic acids is 1. The highest BCUT2D eigenvalue weighted by Crippen LogP contribution is 2.21. The number of aliphatic carboxylic acids is 1. The molecule has 0 saturated heterocycles. The summed E-state index contributed by atoms with van der Waals surface area (Å²) in [4.78, 5) is 10.9. The van der Waals surface area contributed by atoms with Crippen LogP contribution in [0.5, 0.6) is 5.75 Å². The Morgan fingerprint density at radius 1 is 1.47 bits per heavy atom. The highest BCUT2D eigenvalue weighted by atomic mass is 16.5. The van der Waals surface area contributed by atoms with Crippen molar-refractivity contribution in [3.63, 3.8) is 0 Å². The molecule has 0 heterocycles. The summed E-state index contributed by atoms with van der Waals surface area (Å²) in [7, 11) is 0. The van der Waals surface area contributed by atoms with E-state index >= 15 is 0 Å².